The van der Waals surface area contributed by atoms with Crippen molar-refractivity contribution in [2.45, 2.75) is 55.6 Å². The third-order valence-corrected chi connectivity index (χ3v) is 12.7. The summed E-state index contributed by atoms with van der Waals surface area (Å²) in [6, 6.07) is 21.0. The summed E-state index contributed by atoms with van der Waals surface area (Å²) in [5.74, 6) is 1.81. The fourth-order valence-electron chi connectivity index (χ4n) is 8.64. The van der Waals surface area contributed by atoms with Gasteiger partial charge in [0.25, 0.3) is 0 Å². The Morgan fingerprint density at radius 2 is 1.35 bits per heavy atom. The van der Waals surface area contributed by atoms with E-state index in [1.54, 1.807) is 26.0 Å². The van der Waals surface area contributed by atoms with Crippen molar-refractivity contribution in [2.24, 2.45) is 5.41 Å². The Balaban J connectivity index is 1.03. The summed E-state index contributed by atoms with van der Waals surface area (Å²) < 4.78 is 12.6. The van der Waals surface area contributed by atoms with Gasteiger partial charge in [0.05, 0.1) is 31.1 Å². The second-order valence-corrected chi connectivity index (χ2v) is 16.2. The van der Waals surface area contributed by atoms with Gasteiger partial charge in [-0.15, -0.1) is 11.8 Å². The Morgan fingerprint density at radius 1 is 0.765 bits per heavy atom. The quantitative estimate of drug-likeness (QED) is 0.171. The number of methoxy groups -OCH3 is 2. The summed E-state index contributed by atoms with van der Waals surface area (Å²) in [4.78, 5) is 39.5. The Hall–Kier alpha value is -3.77. The van der Waals surface area contributed by atoms with E-state index in [9.17, 15) is 9.59 Å². The Morgan fingerprint density at radius 3 is 1.92 bits per heavy atom. The summed E-state index contributed by atoms with van der Waals surface area (Å²) in [7, 11) is 3.35. The molecule has 4 aromatic rings. The highest BCUT2D eigenvalue weighted by Gasteiger charge is 2.48. The maximum absolute atomic E-state index is 11.9. The molecule has 51 heavy (non-hydrogen) atoms. The number of thioether (sulfide) groups is 1. The first-order valence-electron chi connectivity index (χ1n) is 17.5. The van der Waals surface area contributed by atoms with Crippen molar-refractivity contribution < 1.29 is 19.1 Å². The van der Waals surface area contributed by atoms with E-state index in [-0.39, 0.29) is 16.9 Å². The van der Waals surface area contributed by atoms with Gasteiger partial charge in [-0.05, 0) is 58.3 Å². The zero-order chi connectivity index (χ0) is 35.3. The van der Waals surface area contributed by atoms with Crippen molar-refractivity contribution in [3.05, 3.63) is 76.3 Å². The minimum absolute atomic E-state index is 0.0571. The van der Waals surface area contributed by atoms with Crippen LogP contribution < -0.4 is 14.8 Å². The Labute approximate surface area is 311 Å². The number of ether oxygens (including phenoxy) is 2. The van der Waals surface area contributed by atoms with Gasteiger partial charge in [-0.3, -0.25) is 19.4 Å². The molecule has 0 bridgehead atoms. The number of hydrogen-bond donors (Lipinski definition) is 1. The summed E-state index contributed by atoms with van der Waals surface area (Å²) in [6.07, 6.45) is 6.10. The molecule has 11 heteroatoms. The maximum Gasteiger partial charge on any atom is 0.220 e. The monoisotopic (exact) mass is 767 g/mol. The first-order valence-corrected chi connectivity index (χ1v) is 19.5. The average molecular weight is 769 g/mol. The third-order valence-electron chi connectivity index (χ3n) is 11.0. The predicted molar refractivity (Wildman–Crippen MR) is 203 cm³/mol. The number of Topliss-reactive ketones (excluding diaryl/α,β-unsaturated/α-hetero) is 1. The van der Waals surface area contributed by atoms with Gasteiger partial charge in [0.2, 0.25) is 17.7 Å². The predicted octanol–water partition coefficient (Wildman–Crippen LogP) is 7.00. The summed E-state index contributed by atoms with van der Waals surface area (Å²) in [5.41, 5.74) is 8.09. The number of carbonyl (C=O) groups is 2. The molecule has 0 unspecified atom stereocenters. The molecule has 3 aliphatic heterocycles. The molecular formula is C40H42BrN5O4S. The number of ketones is 1. The largest absolute Gasteiger partial charge is 0.481 e. The lowest BCUT2D eigenvalue weighted by atomic mass is 9.78. The fourth-order valence-corrected chi connectivity index (χ4v) is 10.1. The molecule has 4 aliphatic rings. The minimum Gasteiger partial charge on any atom is -0.481 e. The SMILES string of the molecule is COc1nc(-c2cccc(-c3cccc(-c4ccc(CN5CC6(CCC(=O)C6)C5)c(OC)n4)c3SC)c2Br)ccc1CN1CC2(CCC(=O)N2)C1. The number of rotatable bonds is 10. The van der Waals surface area contributed by atoms with Gasteiger partial charge in [-0.1, -0.05) is 48.5 Å². The molecule has 264 valence electrons. The lowest BCUT2D eigenvalue weighted by molar-refractivity contribution is -0.121. The van der Waals surface area contributed by atoms with Crippen LogP contribution in [0.25, 0.3) is 33.6 Å². The smallest absolute Gasteiger partial charge is 0.220 e. The number of halogens is 1. The minimum atomic E-state index is -0.0571. The number of likely N-dealkylation sites (tertiary alicyclic amines) is 2. The Kier molecular flexibility index (Phi) is 9.19. The number of carbonyl (C=O) groups excluding carboxylic acids is 2. The molecule has 2 spiro atoms. The van der Waals surface area contributed by atoms with Gasteiger partial charge in [-0.2, -0.15) is 0 Å². The number of amides is 1. The van der Waals surface area contributed by atoms with Crippen molar-refractivity contribution in [2.75, 3.05) is 46.7 Å². The van der Waals surface area contributed by atoms with E-state index in [1.807, 2.05) is 0 Å². The molecule has 1 amide bonds. The molecule has 9 nitrogen and oxygen atoms in total. The molecule has 5 heterocycles. The summed E-state index contributed by atoms with van der Waals surface area (Å²) in [6.45, 7) is 5.11. The molecule has 4 fully saturated rings. The van der Waals surface area contributed by atoms with E-state index in [2.05, 4.69) is 98.0 Å². The van der Waals surface area contributed by atoms with Crippen LogP contribution in [-0.4, -0.2) is 83.7 Å². The van der Waals surface area contributed by atoms with Gasteiger partial charge in [0.15, 0.2) is 0 Å². The number of nitrogens with zero attached hydrogens (tertiary/aromatic N) is 4. The van der Waals surface area contributed by atoms with Crippen molar-refractivity contribution >= 4 is 39.4 Å². The van der Waals surface area contributed by atoms with E-state index in [0.29, 0.717) is 24.0 Å². The topological polar surface area (TPSA) is 96.9 Å². The van der Waals surface area contributed by atoms with Gasteiger partial charge in [-0.25, -0.2) is 9.97 Å². The lowest BCUT2D eigenvalue weighted by Crippen LogP contribution is -2.66. The number of hydrogen-bond acceptors (Lipinski definition) is 9. The van der Waals surface area contributed by atoms with Crippen LogP contribution in [-0.2, 0) is 22.7 Å². The first-order chi connectivity index (χ1) is 24.7. The number of aromatic nitrogens is 2. The van der Waals surface area contributed by atoms with Crippen LogP contribution in [0.15, 0.2) is 70.0 Å². The van der Waals surface area contributed by atoms with Gasteiger partial charge < -0.3 is 14.8 Å². The maximum atomic E-state index is 11.9. The molecular weight excluding hydrogens is 726 g/mol. The van der Waals surface area contributed by atoms with Crippen molar-refractivity contribution in [3.63, 3.8) is 0 Å². The van der Waals surface area contributed by atoms with Gasteiger partial charge in [0, 0.05) is 95.6 Å². The highest BCUT2D eigenvalue weighted by atomic mass is 79.9. The zero-order valence-electron chi connectivity index (χ0n) is 29.3. The van der Waals surface area contributed by atoms with E-state index >= 15 is 0 Å². The van der Waals surface area contributed by atoms with E-state index in [0.717, 1.165) is 119 Å². The molecule has 0 atom stereocenters. The zero-order valence-corrected chi connectivity index (χ0v) is 31.7. The molecule has 8 rings (SSSR count). The normalized spacial score (nSPS) is 19.3. The van der Waals surface area contributed by atoms with E-state index < -0.39 is 0 Å². The average Bonchev–Trinajstić information content (AvgIpc) is 3.70. The number of pyridine rings is 2. The van der Waals surface area contributed by atoms with E-state index in [4.69, 9.17) is 19.4 Å². The van der Waals surface area contributed by atoms with Gasteiger partial charge >= 0.3 is 0 Å². The fraction of sp³-hybridized carbons (Fsp3) is 0.400. The molecule has 1 saturated carbocycles. The van der Waals surface area contributed by atoms with Crippen molar-refractivity contribution in [1.29, 1.82) is 0 Å². The third kappa shape index (κ3) is 6.47. The van der Waals surface area contributed by atoms with Crippen LogP contribution in [0, 0.1) is 5.41 Å². The van der Waals surface area contributed by atoms with Crippen LogP contribution in [0.4, 0.5) is 0 Å². The Bertz CT molecular complexity index is 2030. The van der Waals surface area contributed by atoms with Crippen LogP contribution in [0.1, 0.15) is 43.2 Å². The lowest BCUT2D eigenvalue weighted by Gasteiger charge is -2.48. The summed E-state index contributed by atoms with van der Waals surface area (Å²) >= 11 is 5.67. The molecule has 1 aliphatic carbocycles. The standard InChI is InChI=1S/C40H42BrN5O4S/c1-49-37-26(20-46-23-40(24-46)17-15-34(48)44-40)10-12-32(42-37)30-8-4-6-28(35(30)41)29-7-5-9-31(36(29)51-3)33-13-11-25(38(43-33)50-2)19-45-21-39(22-45)16-14-27(47)18-39/h4-13H,14-24H2,1-3H3,(H,44,48). The molecule has 1 N–H and O–H groups in total. The number of nitrogens with one attached hydrogen (secondary N) is 1. The molecule has 3 saturated heterocycles. The van der Waals surface area contributed by atoms with Crippen molar-refractivity contribution in [3.8, 4) is 45.4 Å². The van der Waals surface area contributed by atoms with Crippen LogP contribution >= 0.6 is 27.7 Å². The van der Waals surface area contributed by atoms with E-state index in [1.165, 1.54) is 0 Å². The second kappa shape index (κ2) is 13.7. The molecule has 2 aromatic heterocycles. The molecule has 0 radical (unpaired) electrons. The number of benzene rings is 2. The highest BCUT2D eigenvalue weighted by molar-refractivity contribution is 9.10. The van der Waals surface area contributed by atoms with Crippen LogP contribution in [0.3, 0.4) is 0 Å². The molecule has 2 aromatic carbocycles. The summed E-state index contributed by atoms with van der Waals surface area (Å²) in [5, 5.41) is 3.16. The van der Waals surface area contributed by atoms with Crippen LogP contribution in [0.5, 0.6) is 11.8 Å². The first kappa shape index (κ1) is 34.3. The highest BCUT2D eigenvalue weighted by Crippen LogP contribution is 2.46. The van der Waals surface area contributed by atoms with Crippen molar-refractivity contribution in [1.82, 2.24) is 25.1 Å². The van der Waals surface area contributed by atoms with Crippen LogP contribution in [0.2, 0.25) is 0 Å². The second-order valence-electron chi connectivity index (χ2n) is 14.6. The van der Waals surface area contributed by atoms with Gasteiger partial charge in [0.1, 0.15) is 5.78 Å².